The number of rotatable bonds is 2. The van der Waals surface area contributed by atoms with E-state index in [1.54, 1.807) is 0 Å². The van der Waals surface area contributed by atoms with Gasteiger partial charge in [0.15, 0.2) is 0 Å². The number of ether oxygens (including phenoxy) is 1. The first-order valence-electron chi connectivity index (χ1n) is 7.63. The molecule has 0 saturated heterocycles. The second-order valence-electron chi connectivity index (χ2n) is 5.91. The highest BCUT2D eigenvalue weighted by molar-refractivity contribution is 6.03. The monoisotopic (exact) mass is 291 g/mol. The van der Waals surface area contributed by atoms with Crippen molar-refractivity contribution in [3.63, 3.8) is 0 Å². The summed E-state index contributed by atoms with van der Waals surface area (Å²) in [7, 11) is 0. The van der Waals surface area contributed by atoms with Gasteiger partial charge in [0.2, 0.25) is 0 Å². The minimum Gasteiger partial charge on any atom is -0.452 e. The molecule has 2 aliphatic heterocycles. The van der Waals surface area contributed by atoms with Gasteiger partial charge in [0.1, 0.15) is 6.10 Å². The molecule has 2 atom stereocenters. The number of carbonyl (C=O) groups is 1. The topological polar surface area (TPSA) is 38.7 Å². The molecule has 0 N–H and O–H groups in total. The van der Waals surface area contributed by atoms with Crippen LogP contribution in [0.4, 0.5) is 5.69 Å². The van der Waals surface area contributed by atoms with Gasteiger partial charge in [-0.25, -0.2) is 4.79 Å². The van der Waals surface area contributed by atoms with Crippen molar-refractivity contribution in [2.75, 3.05) is 0 Å². The summed E-state index contributed by atoms with van der Waals surface area (Å²) in [5.74, 6) is -0.231. The molecule has 0 amide bonds. The molecule has 2 aromatic carbocycles. The summed E-state index contributed by atoms with van der Waals surface area (Å²) in [5, 5.41) is 0. The Balaban J connectivity index is 1.95. The number of aliphatic imine (C=N–C) groups is 1. The smallest absolute Gasteiger partial charge is 0.339 e. The van der Waals surface area contributed by atoms with Gasteiger partial charge in [-0.3, -0.25) is 4.99 Å². The van der Waals surface area contributed by atoms with E-state index in [1.165, 1.54) is 0 Å². The predicted octanol–water partition coefficient (Wildman–Crippen LogP) is 4.35. The fourth-order valence-corrected chi connectivity index (χ4v) is 3.90. The van der Waals surface area contributed by atoms with E-state index >= 15 is 0 Å². The van der Waals surface area contributed by atoms with Gasteiger partial charge in [-0.1, -0.05) is 43.3 Å². The van der Waals surface area contributed by atoms with Gasteiger partial charge in [0, 0.05) is 11.3 Å². The summed E-state index contributed by atoms with van der Waals surface area (Å²) in [6, 6.07) is 15.8. The number of carbonyl (C=O) groups excluding carboxylic acids is 1. The van der Waals surface area contributed by atoms with E-state index in [0.29, 0.717) is 5.56 Å². The molecule has 4 rings (SSSR count). The molecule has 110 valence electrons. The molecule has 22 heavy (non-hydrogen) atoms. The zero-order chi connectivity index (χ0) is 15.3. The van der Waals surface area contributed by atoms with E-state index in [4.69, 9.17) is 9.73 Å². The number of esters is 1. The highest BCUT2D eigenvalue weighted by Gasteiger charge is 2.52. The van der Waals surface area contributed by atoms with Crippen molar-refractivity contribution < 1.29 is 9.53 Å². The largest absolute Gasteiger partial charge is 0.452 e. The molecule has 2 heterocycles. The van der Waals surface area contributed by atoms with Crippen LogP contribution in [-0.2, 0) is 10.2 Å². The molecule has 0 aromatic heterocycles. The van der Waals surface area contributed by atoms with Crippen LogP contribution < -0.4 is 0 Å². The molecule has 0 bridgehead atoms. The van der Waals surface area contributed by atoms with Gasteiger partial charge in [-0.2, -0.15) is 0 Å². The number of cyclic esters (lactones) is 1. The Hall–Kier alpha value is -2.42. The van der Waals surface area contributed by atoms with E-state index in [0.717, 1.165) is 28.9 Å². The number of nitrogens with zero attached hydrogens (tertiary/aromatic N) is 1. The van der Waals surface area contributed by atoms with Crippen LogP contribution in [0.5, 0.6) is 0 Å². The third kappa shape index (κ3) is 1.51. The van der Waals surface area contributed by atoms with E-state index in [2.05, 4.69) is 13.0 Å². The Morgan fingerprint density at radius 2 is 1.86 bits per heavy atom. The van der Waals surface area contributed by atoms with Crippen LogP contribution in [0.3, 0.4) is 0 Å². The lowest BCUT2D eigenvalue weighted by Gasteiger charge is -2.35. The molecular formula is C19H17NO2. The van der Waals surface area contributed by atoms with Crippen molar-refractivity contribution in [3.05, 3.63) is 65.2 Å². The standard InChI is InChI=1S/C19H17NO2/c1-3-19(12(2)20-16-11-7-6-10-15(16)19)17-13-8-4-5-9-14(13)18(21)22-17/h4-11,17H,3H2,1-2H3. The second kappa shape index (κ2) is 4.54. The van der Waals surface area contributed by atoms with Gasteiger partial charge >= 0.3 is 5.97 Å². The first-order valence-corrected chi connectivity index (χ1v) is 7.63. The van der Waals surface area contributed by atoms with Gasteiger partial charge in [-0.15, -0.1) is 0 Å². The van der Waals surface area contributed by atoms with E-state index in [1.807, 2.05) is 49.4 Å². The minimum absolute atomic E-state index is 0.231. The molecule has 2 unspecified atom stereocenters. The van der Waals surface area contributed by atoms with Crippen molar-refractivity contribution in [2.45, 2.75) is 31.8 Å². The third-order valence-electron chi connectivity index (χ3n) is 5.01. The molecule has 3 nitrogen and oxygen atoms in total. The molecule has 2 aliphatic rings. The third-order valence-corrected chi connectivity index (χ3v) is 5.01. The van der Waals surface area contributed by atoms with Crippen LogP contribution in [-0.4, -0.2) is 11.7 Å². The zero-order valence-electron chi connectivity index (χ0n) is 12.7. The van der Waals surface area contributed by atoms with Gasteiger partial charge in [-0.05, 0) is 31.0 Å². The average Bonchev–Trinajstić information content (AvgIpc) is 3.03. The summed E-state index contributed by atoms with van der Waals surface area (Å²) in [5.41, 5.74) is 4.45. The number of benzene rings is 2. The fraction of sp³-hybridized carbons (Fsp3) is 0.263. The van der Waals surface area contributed by atoms with Crippen molar-refractivity contribution in [1.29, 1.82) is 0 Å². The van der Waals surface area contributed by atoms with Crippen LogP contribution in [0.15, 0.2) is 53.5 Å². The Morgan fingerprint density at radius 1 is 1.14 bits per heavy atom. The molecule has 3 heteroatoms. The van der Waals surface area contributed by atoms with E-state index < -0.39 is 0 Å². The van der Waals surface area contributed by atoms with Crippen molar-refractivity contribution in [2.24, 2.45) is 4.99 Å². The van der Waals surface area contributed by atoms with Crippen LogP contribution in [0, 0.1) is 0 Å². The Morgan fingerprint density at radius 3 is 2.68 bits per heavy atom. The van der Waals surface area contributed by atoms with Gasteiger partial charge in [0.05, 0.1) is 16.7 Å². The SMILES string of the molecule is CCC1(C2OC(=O)c3ccccc32)C(C)=Nc2ccccc21. The highest BCUT2D eigenvalue weighted by Crippen LogP contribution is 2.53. The summed E-state index contributed by atoms with van der Waals surface area (Å²) in [6.07, 6.45) is 0.541. The maximum absolute atomic E-state index is 12.2. The molecule has 0 aliphatic carbocycles. The number of para-hydroxylation sites is 1. The Bertz CT molecular complexity index is 809. The number of fused-ring (bicyclic) bond motifs is 2. The van der Waals surface area contributed by atoms with Crippen LogP contribution in [0.25, 0.3) is 0 Å². The van der Waals surface area contributed by atoms with E-state index in [-0.39, 0.29) is 17.5 Å². The van der Waals surface area contributed by atoms with Crippen molar-refractivity contribution in [3.8, 4) is 0 Å². The highest BCUT2D eigenvalue weighted by atomic mass is 16.5. The quantitative estimate of drug-likeness (QED) is 0.771. The van der Waals surface area contributed by atoms with Crippen LogP contribution in [0.1, 0.15) is 47.9 Å². The average molecular weight is 291 g/mol. The normalized spacial score (nSPS) is 25.5. The van der Waals surface area contributed by atoms with E-state index in [9.17, 15) is 4.79 Å². The Labute approximate surface area is 129 Å². The summed E-state index contributed by atoms with van der Waals surface area (Å²) in [4.78, 5) is 17.0. The van der Waals surface area contributed by atoms with Gasteiger partial charge < -0.3 is 4.74 Å². The minimum atomic E-state index is -0.362. The van der Waals surface area contributed by atoms with Crippen LogP contribution >= 0.6 is 0 Å². The molecule has 0 spiro atoms. The second-order valence-corrected chi connectivity index (χ2v) is 5.91. The van der Waals surface area contributed by atoms with Crippen molar-refractivity contribution >= 4 is 17.4 Å². The maximum Gasteiger partial charge on any atom is 0.339 e. The molecule has 0 radical (unpaired) electrons. The lowest BCUT2D eigenvalue weighted by atomic mass is 9.69. The fourth-order valence-electron chi connectivity index (χ4n) is 3.90. The summed E-state index contributed by atoms with van der Waals surface area (Å²) < 4.78 is 5.82. The van der Waals surface area contributed by atoms with Gasteiger partial charge in [0.25, 0.3) is 0 Å². The number of hydrogen-bond acceptors (Lipinski definition) is 3. The molecule has 0 saturated carbocycles. The van der Waals surface area contributed by atoms with Crippen molar-refractivity contribution in [1.82, 2.24) is 0 Å². The first-order chi connectivity index (χ1) is 10.7. The number of hydrogen-bond donors (Lipinski definition) is 0. The zero-order valence-corrected chi connectivity index (χ0v) is 12.7. The Kier molecular flexibility index (Phi) is 2.73. The lowest BCUT2D eigenvalue weighted by molar-refractivity contribution is 0.0255. The predicted molar refractivity (Wildman–Crippen MR) is 85.8 cm³/mol. The molecule has 2 aromatic rings. The maximum atomic E-state index is 12.2. The van der Waals surface area contributed by atoms with Crippen LogP contribution in [0.2, 0.25) is 0 Å². The lowest BCUT2D eigenvalue weighted by Crippen LogP contribution is -2.38. The molecular weight excluding hydrogens is 274 g/mol. The summed E-state index contributed by atoms with van der Waals surface area (Å²) >= 11 is 0. The summed E-state index contributed by atoms with van der Waals surface area (Å²) in [6.45, 7) is 4.17. The first kappa shape index (κ1) is 13.3. The molecule has 0 fully saturated rings.